The summed E-state index contributed by atoms with van der Waals surface area (Å²) in [6, 6.07) is 0. The van der Waals surface area contributed by atoms with Crippen LogP contribution in [0.2, 0.25) is 0 Å². The van der Waals surface area contributed by atoms with E-state index in [1.807, 2.05) is 21.1 Å². The van der Waals surface area contributed by atoms with Crippen molar-refractivity contribution in [1.82, 2.24) is 0 Å². The van der Waals surface area contributed by atoms with Gasteiger partial charge in [-0.05, 0) is 109 Å². The summed E-state index contributed by atoms with van der Waals surface area (Å²) in [6.45, 7) is 4.19. The lowest BCUT2D eigenvalue weighted by Crippen LogP contribution is -2.37. The minimum atomic E-state index is -4.40. The molecule has 0 aliphatic heterocycles. The fourth-order valence-corrected chi connectivity index (χ4v) is 9.08. The number of likely N-dealkylation sites (N-methyl/N-ethyl adjacent to an activating group) is 1. The first-order valence-electron chi connectivity index (χ1n) is 31.9. The molecule has 0 spiro atoms. The van der Waals surface area contributed by atoms with Gasteiger partial charge in [0.15, 0.2) is 6.10 Å². The maximum atomic E-state index is 12.8. The van der Waals surface area contributed by atoms with Crippen LogP contribution in [-0.4, -0.2) is 74.9 Å². The number of unbranched alkanes of at least 4 members (excludes halogenated alkanes) is 21. The van der Waals surface area contributed by atoms with Crippen LogP contribution in [0.5, 0.6) is 0 Å². The van der Waals surface area contributed by atoms with E-state index in [-0.39, 0.29) is 32.0 Å². The van der Waals surface area contributed by atoms with Crippen LogP contribution >= 0.6 is 7.82 Å². The lowest BCUT2D eigenvalue weighted by molar-refractivity contribution is -0.870. The van der Waals surface area contributed by atoms with Crippen molar-refractivity contribution in [3.63, 3.8) is 0 Å². The van der Waals surface area contributed by atoms with Gasteiger partial charge >= 0.3 is 19.8 Å². The van der Waals surface area contributed by atoms with Crippen molar-refractivity contribution >= 4 is 19.8 Å². The van der Waals surface area contributed by atoms with Gasteiger partial charge in [-0.15, -0.1) is 0 Å². The van der Waals surface area contributed by atoms with Gasteiger partial charge in [0.1, 0.15) is 19.8 Å². The number of ether oxygens (including phenoxy) is 2. The number of carbonyl (C=O) groups is 2. The molecule has 2 unspecified atom stereocenters. The van der Waals surface area contributed by atoms with Gasteiger partial charge in [-0.2, -0.15) is 0 Å². The predicted octanol–water partition coefficient (Wildman–Crippen LogP) is 20.5. The molecular formula is C70H119NO8P+. The van der Waals surface area contributed by atoms with Crippen molar-refractivity contribution in [2.24, 2.45) is 0 Å². The summed E-state index contributed by atoms with van der Waals surface area (Å²) < 4.78 is 34.6. The monoisotopic (exact) mass is 1130 g/mol. The third-order valence-electron chi connectivity index (χ3n) is 13.2. The standard InChI is InChI=1S/C70H118NO8P/c1-6-8-10-12-14-16-18-20-22-24-26-27-28-29-30-31-32-33-34-35-36-37-38-39-40-41-42-43-45-47-49-51-53-55-57-59-61-63-70(73)79-68(67-78-80(74,75)77-65-64-71(3,4)5)66-76-69(72)62-60-58-56-54-52-50-48-46-44-25-23-21-19-17-15-13-11-9-7-2/h8-11,14-17,20-23,26-27,29-30,32-33,35-36,44,46,68H,6-7,12-13,18-19,24-25,28,31,34,37-43,45,47-67H2,1-5H3/p+1/b10-8-,11-9-,16-14-,17-15-,22-20-,23-21-,27-26-,30-29-,33-32-,36-35-,46-44-. The number of quaternary nitrogens is 1. The lowest BCUT2D eigenvalue weighted by Gasteiger charge is -2.24. The molecule has 0 radical (unpaired) electrons. The van der Waals surface area contributed by atoms with E-state index in [9.17, 15) is 19.0 Å². The second kappa shape index (κ2) is 59.8. The Morgan fingerprint density at radius 2 is 0.675 bits per heavy atom. The SMILES string of the molecule is CC/C=C\C/C=C\C/C=C\C/C=C\C/C=C\C/C=C\C/C=C\CCCCCCCCCCCCCCCCCC(=O)OC(COC(=O)CCCCCCCC/C=C\C/C=C\C/C=C\C/C=C\CC)COP(=O)(O)OCC[N+](C)(C)C. The second-order valence-corrected chi connectivity index (χ2v) is 23.5. The van der Waals surface area contributed by atoms with Crippen molar-refractivity contribution in [3.05, 3.63) is 134 Å². The zero-order valence-corrected chi connectivity index (χ0v) is 52.7. The van der Waals surface area contributed by atoms with Crippen molar-refractivity contribution in [2.45, 2.75) is 251 Å². The highest BCUT2D eigenvalue weighted by Crippen LogP contribution is 2.43. The van der Waals surface area contributed by atoms with E-state index in [2.05, 4.69) is 148 Å². The van der Waals surface area contributed by atoms with Crippen LogP contribution < -0.4 is 0 Å². The fourth-order valence-electron chi connectivity index (χ4n) is 8.34. The quantitative estimate of drug-likeness (QED) is 0.0211. The van der Waals surface area contributed by atoms with Gasteiger partial charge in [-0.25, -0.2) is 4.57 Å². The Balaban J connectivity index is 4.08. The van der Waals surface area contributed by atoms with Gasteiger partial charge in [0.05, 0.1) is 27.7 Å². The molecule has 0 rings (SSSR count). The van der Waals surface area contributed by atoms with E-state index in [4.69, 9.17) is 18.5 Å². The molecule has 0 fully saturated rings. The number of nitrogens with zero attached hydrogens (tertiary/aromatic N) is 1. The lowest BCUT2D eigenvalue weighted by atomic mass is 10.0. The number of esters is 2. The first kappa shape index (κ1) is 76.1. The molecule has 9 nitrogen and oxygen atoms in total. The molecule has 0 amide bonds. The smallest absolute Gasteiger partial charge is 0.462 e. The summed E-state index contributed by atoms with van der Waals surface area (Å²) in [5.41, 5.74) is 0. The summed E-state index contributed by atoms with van der Waals surface area (Å²) in [5.74, 6) is -0.818. The molecule has 0 aliphatic carbocycles. The van der Waals surface area contributed by atoms with Crippen LogP contribution in [-0.2, 0) is 32.7 Å². The molecule has 0 saturated heterocycles. The van der Waals surface area contributed by atoms with Crippen molar-refractivity contribution in [2.75, 3.05) is 47.5 Å². The predicted molar refractivity (Wildman–Crippen MR) is 344 cm³/mol. The maximum absolute atomic E-state index is 12.8. The average molecular weight is 1130 g/mol. The van der Waals surface area contributed by atoms with E-state index in [0.29, 0.717) is 17.4 Å². The zero-order chi connectivity index (χ0) is 58.4. The molecular weight excluding hydrogens is 1010 g/mol. The number of hydrogen-bond donors (Lipinski definition) is 1. The molecule has 1 N–H and O–H groups in total. The molecule has 0 aliphatic rings. The molecule has 456 valence electrons. The number of rotatable bonds is 57. The summed E-state index contributed by atoms with van der Waals surface area (Å²) in [6.07, 6.45) is 86.8. The molecule has 2 atom stereocenters. The number of hydrogen-bond acceptors (Lipinski definition) is 7. The van der Waals surface area contributed by atoms with Crippen molar-refractivity contribution in [3.8, 4) is 0 Å². The molecule has 0 heterocycles. The highest BCUT2D eigenvalue weighted by atomic mass is 31.2. The van der Waals surface area contributed by atoms with Crippen molar-refractivity contribution < 1.29 is 42.1 Å². The molecule has 0 saturated carbocycles. The Morgan fingerprint density at radius 1 is 0.388 bits per heavy atom. The van der Waals surface area contributed by atoms with E-state index in [1.165, 1.54) is 77.0 Å². The minimum absolute atomic E-state index is 0.0235. The van der Waals surface area contributed by atoms with Gasteiger partial charge in [0.25, 0.3) is 0 Å². The highest BCUT2D eigenvalue weighted by Gasteiger charge is 2.27. The normalized spacial score (nSPS) is 14.1. The van der Waals surface area contributed by atoms with Crippen LogP contribution in [0.1, 0.15) is 245 Å². The van der Waals surface area contributed by atoms with E-state index in [0.717, 1.165) is 135 Å². The van der Waals surface area contributed by atoms with Gasteiger partial charge < -0.3 is 18.9 Å². The van der Waals surface area contributed by atoms with Gasteiger partial charge in [0, 0.05) is 12.8 Å². The van der Waals surface area contributed by atoms with Crippen LogP contribution in [0, 0.1) is 0 Å². The summed E-state index contributed by atoms with van der Waals surface area (Å²) >= 11 is 0. The molecule has 80 heavy (non-hydrogen) atoms. The largest absolute Gasteiger partial charge is 0.472 e. The Morgan fingerprint density at radius 3 is 1.00 bits per heavy atom. The Kier molecular flexibility index (Phi) is 56.9. The second-order valence-electron chi connectivity index (χ2n) is 22.0. The van der Waals surface area contributed by atoms with Crippen LogP contribution in [0.3, 0.4) is 0 Å². The average Bonchev–Trinajstić information content (AvgIpc) is 3.42. The van der Waals surface area contributed by atoms with E-state index in [1.54, 1.807) is 0 Å². The number of allylic oxidation sites excluding steroid dienone is 22. The van der Waals surface area contributed by atoms with Gasteiger partial charge in [0.2, 0.25) is 0 Å². The minimum Gasteiger partial charge on any atom is -0.462 e. The highest BCUT2D eigenvalue weighted by molar-refractivity contribution is 7.47. The first-order valence-corrected chi connectivity index (χ1v) is 33.4. The molecule has 0 bridgehead atoms. The third-order valence-corrected chi connectivity index (χ3v) is 14.2. The summed E-state index contributed by atoms with van der Waals surface area (Å²) in [4.78, 5) is 35.8. The Labute approximate surface area is 491 Å². The van der Waals surface area contributed by atoms with Crippen LogP contribution in [0.15, 0.2) is 134 Å². The van der Waals surface area contributed by atoms with Gasteiger partial charge in [-0.3, -0.25) is 18.6 Å². The summed E-state index contributed by atoms with van der Waals surface area (Å²) in [7, 11) is 1.46. The number of carbonyl (C=O) groups excluding carboxylic acids is 2. The molecule has 0 aromatic heterocycles. The van der Waals surface area contributed by atoms with Crippen LogP contribution in [0.4, 0.5) is 0 Å². The molecule has 10 heteroatoms. The van der Waals surface area contributed by atoms with Crippen LogP contribution in [0.25, 0.3) is 0 Å². The topological polar surface area (TPSA) is 108 Å². The molecule has 0 aromatic carbocycles. The number of phosphoric ester groups is 1. The zero-order valence-electron chi connectivity index (χ0n) is 51.8. The number of phosphoric acid groups is 1. The Bertz CT molecular complexity index is 1810. The third kappa shape index (κ3) is 63.3. The first-order chi connectivity index (χ1) is 39.0. The Hall–Kier alpha value is -3.85. The summed E-state index contributed by atoms with van der Waals surface area (Å²) in [5, 5.41) is 0. The fraction of sp³-hybridized carbons (Fsp3) is 0.657. The van der Waals surface area contributed by atoms with Crippen molar-refractivity contribution in [1.29, 1.82) is 0 Å². The molecule has 0 aromatic rings. The van der Waals surface area contributed by atoms with E-state index < -0.39 is 26.5 Å². The van der Waals surface area contributed by atoms with Gasteiger partial charge in [-0.1, -0.05) is 257 Å². The maximum Gasteiger partial charge on any atom is 0.472 e. The van der Waals surface area contributed by atoms with E-state index >= 15 is 0 Å².